The van der Waals surface area contributed by atoms with Crippen molar-refractivity contribution in [3.63, 3.8) is 0 Å². The van der Waals surface area contributed by atoms with Gasteiger partial charge >= 0.3 is 0 Å². The molecule has 0 radical (unpaired) electrons. The average molecular weight is 453 g/mol. The highest BCUT2D eigenvalue weighted by atomic mass is 16.5. The van der Waals surface area contributed by atoms with Crippen LogP contribution in [0.3, 0.4) is 0 Å². The number of amides is 1. The predicted molar refractivity (Wildman–Crippen MR) is 138 cm³/mol. The van der Waals surface area contributed by atoms with Crippen LogP contribution in [0, 0.1) is 0 Å². The van der Waals surface area contributed by atoms with Crippen molar-refractivity contribution in [2.45, 2.75) is 58.8 Å². The summed E-state index contributed by atoms with van der Waals surface area (Å²) in [6.07, 6.45) is 11.1. The first kappa shape index (κ1) is 26.3. The molecule has 0 fully saturated rings. The molecule has 180 valence electrons. The van der Waals surface area contributed by atoms with Crippen LogP contribution in [0.2, 0.25) is 0 Å². The van der Waals surface area contributed by atoms with E-state index in [1.54, 1.807) is 18.2 Å². The Morgan fingerprint density at radius 2 is 1.76 bits per heavy atom. The number of benzene rings is 2. The van der Waals surface area contributed by atoms with Crippen molar-refractivity contribution in [2.75, 3.05) is 31.6 Å². The Bertz CT molecular complexity index is 862. The molecule has 0 spiro atoms. The molecule has 0 atom stereocenters. The topological polar surface area (TPSA) is 61.8 Å². The standard InChI is InChI=1S/C28H40N2O3/c1-4-6-8-20-30(3)27-22-26(33-21-9-7-5-2)16-12-24(27)13-17-28(32)29-19-18-23-10-14-25(31)15-11-23/h10-17,22,31H,4-9,18-21H2,1-3H3,(H,29,32). The van der Waals surface area contributed by atoms with Crippen LogP contribution in [-0.2, 0) is 11.2 Å². The summed E-state index contributed by atoms with van der Waals surface area (Å²) in [4.78, 5) is 14.6. The van der Waals surface area contributed by atoms with Crippen LogP contribution in [0.1, 0.15) is 63.5 Å². The van der Waals surface area contributed by atoms with Crippen LogP contribution >= 0.6 is 0 Å². The second-order valence-corrected chi connectivity index (χ2v) is 8.45. The van der Waals surface area contributed by atoms with Gasteiger partial charge in [0.25, 0.3) is 0 Å². The van der Waals surface area contributed by atoms with Gasteiger partial charge < -0.3 is 20.1 Å². The Kier molecular flexibility index (Phi) is 11.9. The lowest BCUT2D eigenvalue weighted by molar-refractivity contribution is -0.116. The molecule has 0 aliphatic heterocycles. The van der Waals surface area contributed by atoms with Crippen LogP contribution in [0.15, 0.2) is 48.5 Å². The number of phenols is 1. The van der Waals surface area contributed by atoms with Crippen molar-refractivity contribution in [3.05, 3.63) is 59.7 Å². The number of nitrogens with zero attached hydrogens (tertiary/aromatic N) is 1. The summed E-state index contributed by atoms with van der Waals surface area (Å²) in [5.41, 5.74) is 3.15. The van der Waals surface area contributed by atoms with Gasteiger partial charge in [-0.25, -0.2) is 0 Å². The molecule has 0 bridgehead atoms. The maximum absolute atomic E-state index is 12.3. The number of phenolic OH excluding ortho intramolecular Hbond substituents is 1. The minimum absolute atomic E-state index is 0.117. The monoisotopic (exact) mass is 452 g/mol. The Morgan fingerprint density at radius 3 is 2.48 bits per heavy atom. The number of anilines is 1. The fraction of sp³-hybridized carbons (Fsp3) is 0.464. The van der Waals surface area contributed by atoms with Crippen molar-refractivity contribution >= 4 is 17.7 Å². The number of hydrogen-bond acceptors (Lipinski definition) is 4. The largest absolute Gasteiger partial charge is 0.508 e. The lowest BCUT2D eigenvalue weighted by Gasteiger charge is -2.22. The first-order valence-corrected chi connectivity index (χ1v) is 12.2. The number of ether oxygens (including phenoxy) is 1. The summed E-state index contributed by atoms with van der Waals surface area (Å²) in [6, 6.07) is 13.1. The van der Waals surface area contributed by atoms with Gasteiger partial charge in [0.2, 0.25) is 5.91 Å². The van der Waals surface area contributed by atoms with E-state index in [0.29, 0.717) is 6.54 Å². The Morgan fingerprint density at radius 1 is 1.03 bits per heavy atom. The first-order chi connectivity index (χ1) is 16.0. The van der Waals surface area contributed by atoms with E-state index in [-0.39, 0.29) is 11.7 Å². The average Bonchev–Trinajstić information content (AvgIpc) is 2.82. The van der Waals surface area contributed by atoms with E-state index in [1.807, 2.05) is 30.3 Å². The van der Waals surface area contributed by atoms with Gasteiger partial charge in [0.15, 0.2) is 0 Å². The van der Waals surface area contributed by atoms with Gasteiger partial charge in [-0.05, 0) is 60.7 Å². The molecular weight excluding hydrogens is 412 g/mol. The van der Waals surface area contributed by atoms with E-state index < -0.39 is 0 Å². The Balaban J connectivity index is 1.99. The Labute approximate surface area is 199 Å². The first-order valence-electron chi connectivity index (χ1n) is 12.2. The molecule has 0 aromatic heterocycles. The van der Waals surface area contributed by atoms with Gasteiger partial charge in [0, 0.05) is 38.0 Å². The SMILES string of the molecule is CCCCCOc1ccc(C=CC(=O)NCCc2ccc(O)cc2)c(N(C)CCCCC)c1. The molecule has 2 N–H and O–H groups in total. The third-order valence-electron chi connectivity index (χ3n) is 5.59. The second-order valence-electron chi connectivity index (χ2n) is 8.45. The van der Waals surface area contributed by atoms with Gasteiger partial charge in [-0.2, -0.15) is 0 Å². The number of nitrogens with one attached hydrogen (secondary N) is 1. The number of rotatable bonds is 15. The maximum atomic E-state index is 12.3. The lowest BCUT2D eigenvalue weighted by atomic mass is 10.1. The van der Waals surface area contributed by atoms with Gasteiger partial charge in [-0.15, -0.1) is 0 Å². The normalized spacial score (nSPS) is 11.0. The molecular formula is C28H40N2O3. The number of unbranched alkanes of at least 4 members (excludes halogenated alkanes) is 4. The summed E-state index contributed by atoms with van der Waals surface area (Å²) < 4.78 is 5.96. The van der Waals surface area contributed by atoms with Gasteiger partial charge in [0.1, 0.15) is 11.5 Å². The van der Waals surface area contributed by atoms with E-state index in [2.05, 4.69) is 37.2 Å². The summed E-state index contributed by atoms with van der Waals surface area (Å²) >= 11 is 0. The summed E-state index contributed by atoms with van der Waals surface area (Å²) in [7, 11) is 2.10. The molecule has 5 nitrogen and oxygen atoms in total. The number of carbonyl (C=O) groups is 1. The molecule has 0 heterocycles. The second kappa shape index (κ2) is 15.0. The molecule has 33 heavy (non-hydrogen) atoms. The molecule has 0 saturated heterocycles. The summed E-state index contributed by atoms with van der Waals surface area (Å²) in [5.74, 6) is 1.01. The zero-order chi connectivity index (χ0) is 23.9. The Hall–Kier alpha value is -2.95. The van der Waals surface area contributed by atoms with Gasteiger partial charge in [0.05, 0.1) is 6.61 Å². The molecule has 0 aliphatic carbocycles. The number of hydrogen-bond donors (Lipinski definition) is 2. The summed E-state index contributed by atoms with van der Waals surface area (Å²) in [6.45, 7) is 6.63. The van der Waals surface area contributed by atoms with Crippen molar-refractivity contribution in [1.29, 1.82) is 0 Å². The molecule has 1 amide bonds. The highest BCUT2D eigenvalue weighted by Crippen LogP contribution is 2.27. The fourth-order valence-electron chi connectivity index (χ4n) is 3.56. The van der Waals surface area contributed by atoms with Crippen molar-refractivity contribution < 1.29 is 14.6 Å². The minimum atomic E-state index is -0.117. The van der Waals surface area contributed by atoms with E-state index >= 15 is 0 Å². The van der Waals surface area contributed by atoms with E-state index in [9.17, 15) is 9.90 Å². The maximum Gasteiger partial charge on any atom is 0.244 e. The molecule has 0 unspecified atom stereocenters. The van der Waals surface area contributed by atoms with Gasteiger partial charge in [-0.1, -0.05) is 51.7 Å². The van der Waals surface area contributed by atoms with Gasteiger partial charge in [-0.3, -0.25) is 4.79 Å². The zero-order valence-electron chi connectivity index (χ0n) is 20.5. The van der Waals surface area contributed by atoms with Crippen LogP contribution in [0.4, 0.5) is 5.69 Å². The van der Waals surface area contributed by atoms with E-state index in [4.69, 9.17) is 4.74 Å². The number of carbonyl (C=O) groups excluding carboxylic acids is 1. The zero-order valence-corrected chi connectivity index (χ0v) is 20.5. The lowest BCUT2D eigenvalue weighted by Crippen LogP contribution is -2.23. The molecule has 2 rings (SSSR count). The summed E-state index contributed by atoms with van der Waals surface area (Å²) in [5, 5.41) is 12.3. The van der Waals surface area contributed by atoms with E-state index in [0.717, 1.165) is 55.0 Å². The fourth-order valence-corrected chi connectivity index (χ4v) is 3.56. The van der Waals surface area contributed by atoms with Crippen molar-refractivity contribution in [1.82, 2.24) is 5.32 Å². The molecule has 0 saturated carbocycles. The van der Waals surface area contributed by atoms with Crippen LogP contribution in [0.25, 0.3) is 6.08 Å². The van der Waals surface area contributed by atoms with Crippen LogP contribution in [0.5, 0.6) is 11.5 Å². The third-order valence-corrected chi connectivity index (χ3v) is 5.59. The quantitative estimate of drug-likeness (QED) is 0.259. The minimum Gasteiger partial charge on any atom is -0.508 e. The highest BCUT2D eigenvalue weighted by Gasteiger charge is 2.09. The molecule has 5 heteroatoms. The van der Waals surface area contributed by atoms with Crippen LogP contribution < -0.4 is 15.0 Å². The predicted octanol–water partition coefficient (Wildman–Crippen LogP) is 5.96. The molecule has 2 aromatic carbocycles. The molecule has 2 aromatic rings. The van der Waals surface area contributed by atoms with Crippen molar-refractivity contribution in [3.8, 4) is 11.5 Å². The van der Waals surface area contributed by atoms with Crippen molar-refractivity contribution in [2.24, 2.45) is 0 Å². The van der Waals surface area contributed by atoms with Crippen LogP contribution in [-0.4, -0.2) is 37.8 Å². The third kappa shape index (κ3) is 10.0. The van der Waals surface area contributed by atoms with E-state index in [1.165, 1.54) is 25.7 Å². The molecule has 0 aliphatic rings. The highest BCUT2D eigenvalue weighted by molar-refractivity contribution is 5.92. The number of aromatic hydroxyl groups is 1. The smallest absolute Gasteiger partial charge is 0.244 e.